The Balaban J connectivity index is 1.65. The van der Waals surface area contributed by atoms with E-state index >= 15 is 0 Å². The van der Waals surface area contributed by atoms with E-state index in [4.69, 9.17) is 28.5 Å². The molecule has 154 valence electrons. The summed E-state index contributed by atoms with van der Waals surface area (Å²) in [6, 6.07) is 6.75. The van der Waals surface area contributed by atoms with Crippen LogP contribution in [0.5, 0.6) is 0 Å². The SMILES string of the molecule is CC1(CC(CC#N)C(=O)N2CCN(c3cc(Cl)cc(Cl)c3)CC2)NC(=O)NC1=O. The van der Waals surface area contributed by atoms with Crippen LogP contribution < -0.4 is 15.5 Å². The van der Waals surface area contributed by atoms with Crippen LogP contribution in [0.4, 0.5) is 10.5 Å². The minimum Gasteiger partial charge on any atom is -0.368 e. The van der Waals surface area contributed by atoms with Crippen molar-refractivity contribution in [1.29, 1.82) is 5.26 Å². The molecule has 0 aromatic heterocycles. The number of rotatable bonds is 5. The summed E-state index contributed by atoms with van der Waals surface area (Å²) >= 11 is 12.1. The Morgan fingerprint density at radius 2 is 1.83 bits per heavy atom. The predicted octanol–water partition coefficient (Wildman–Crippen LogP) is 2.16. The molecule has 4 amide bonds. The number of hydrogen-bond acceptors (Lipinski definition) is 5. The molecule has 0 bridgehead atoms. The van der Waals surface area contributed by atoms with Crippen molar-refractivity contribution in [1.82, 2.24) is 15.5 Å². The van der Waals surface area contributed by atoms with Crippen molar-refractivity contribution in [2.75, 3.05) is 31.1 Å². The number of carbonyl (C=O) groups excluding carboxylic acids is 3. The van der Waals surface area contributed by atoms with E-state index in [9.17, 15) is 14.4 Å². The van der Waals surface area contributed by atoms with Gasteiger partial charge < -0.3 is 15.1 Å². The minimum atomic E-state index is -1.20. The van der Waals surface area contributed by atoms with Gasteiger partial charge in [0, 0.05) is 48.3 Å². The van der Waals surface area contributed by atoms with Gasteiger partial charge in [-0.25, -0.2) is 4.79 Å². The van der Waals surface area contributed by atoms with Crippen molar-refractivity contribution in [2.45, 2.75) is 25.3 Å². The fourth-order valence-electron chi connectivity index (χ4n) is 3.74. The molecule has 1 aromatic rings. The quantitative estimate of drug-likeness (QED) is 0.686. The lowest BCUT2D eigenvalue weighted by Crippen LogP contribution is -2.52. The Morgan fingerprint density at radius 1 is 1.21 bits per heavy atom. The third kappa shape index (κ3) is 4.74. The van der Waals surface area contributed by atoms with Crippen molar-refractivity contribution < 1.29 is 14.4 Å². The standard InChI is InChI=1S/C19H21Cl2N5O3/c1-19(17(28)23-18(29)24-19)11-12(2-3-22)16(27)26-6-4-25(5-7-26)15-9-13(20)8-14(21)10-15/h8-10,12H,2,4-7,11H2,1H3,(H2,23,24,28,29). The molecule has 0 radical (unpaired) electrons. The van der Waals surface area contributed by atoms with Crippen molar-refractivity contribution in [2.24, 2.45) is 5.92 Å². The molecule has 2 atom stereocenters. The monoisotopic (exact) mass is 437 g/mol. The van der Waals surface area contributed by atoms with Crippen LogP contribution in [0, 0.1) is 17.2 Å². The number of halogens is 2. The summed E-state index contributed by atoms with van der Waals surface area (Å²) in [7, 11) is 0. The number of nitrogens with zero attached hydrogens (tertiary/aromatic N) is 3. The van der Waals surface area contributed by atoms with Gasteiger partial charge in [-0.3, -0.25) is 14.9 Å². The molecule has 0 saturated carbocycles. The van der Waals surface area contributed by atoms with Gasteiger partial charge in [0.2, 0.25) is 5.91 Å². The van der Waals surface area contributed by atoms with E-state index in [0.29, 0.717) is 36.2 Å². The number of imide groups is 1. The molecule has 3 rings (SSSR count). The Kier molecular flexibility index (Phi) is 6.20. The van der Waals surface area contributed by atoms with E-state index in [1.165, 1.54) is 0 Å². The normalized spacial score (nSPS) is 22.7. The molecule has 2 fully saturated rings. The lowest BCUT2D eigenvalue weighted by molar-refractivity contribution is -0.137. The topological polar surface area (TPSA) is 106 Å². The van der Waals surface area contributed by atoms with E-state index in [1.807, 2.05) is 18.2 Å². The van der Waals surface area contributed by atoms with Crippen LogP contribution in [-0.2, 0) is 9.59 Å². The van der Waals surface area contributed by atoms with Gasteiger partial charge in [0.1, 0.15) is 5.54 Å². The van der Waals surface area contributed by atoms with Gasteiger partial charge in [-0.05, 0) is 31.5 Å². The number of piperazine rings is 1. The first-order valence-corrected chi connectivity index (χ1v) is 9.98. The molecule has 2 N–H and O–H groups in total. The first-order valence-electron chi connectivity index (χ1n) is 9.22. The van der Waals surface area contributed by atoms with Crippen LogP contribution in [0.1, 0.15) is 19.8 Å². The molecule has 8 nitrogen and oxygen atoms in total. The lowest BCUT2D eigenvalue weighted by Gasteiger charge is -2.38. The highest BCUT2D eigenvalue weighted by molar-refractivity contribution is 6.35. The van der Waals surface area contributed by atoms with Gasteiger partial charge in [-0.15, -0.1) is 0 Å². The van der Waals surface area contributed by atoms with E-state index in [-0.39, 0.29) is 18.7 Å². The van der Waals surface area contributed by atoms with Crippen LogP contribution in [-0.4, -0.2) is 54.5 Å². The van der Waals surface area contributed by atoms with Crippen molar-refractivity contribution >= 4 is 46.7 Å². The summed E-state index contributed by atoms with van der Waals surface area (Å²) in [5.41, 5.74) is -0.311. The zero-order valence-corrected chi connectivity index (χ0v) is 17.4. The maximum absolute atomic E-state index is 13.0. The largest absolute Gasteiger partial charge is 0.368 e. The number of urea groups is 1. The highest BCUT2D eigenvalue weighted by Gasteiger charge is 2.45. The number of amides is 4. The summed E-state index contributed by atoms with van der Waals surface area (Å²) in [6.45, 7) is 3.69. The smallest absolute Gasteiger partial charge is 0.322 e. The predicted molar refractivity (Wildman–Crippen MR) is 109 cm³/mol. The maximum Gasteiger partial charge on any atom is 0.322 e. The molecular formula is C19H21Cl2N5O3. The number of hydrogen-bond donors (Lipinski definition) is 2. The lowest BCUT2D eigenvalue weighted by atomic mass is 9.86. The fraction of sp³-hybridized carbons (Fsp3) is 0.474. The van der Waals surface area contributed by atoms with E-state index < -0.39 is 23.4 Å². The molecule has 2 heterocycles. The van der Waals surface area contributed by atoms with Crippen molar-refractivity contribution in [3.63, 3.8) is 0 Å². The summed E-state index contributed by atoms with van der Waals surface area (Å²) in [4.78, 5) is 40.4. The summed E-state index contributed by atoms with van der Waals surface area (Å²) in [6.07, 6.45) is 0.0444. The van der Waals surface area contributed by atoms with Crippen LogP contribution in [0.3, 0.4) is 0 Å². The van der Waals surface area contributed by atoms with Crippen LogP contribution in [0.25, 0.3) is 0 Å². The highest BCUT2D eigenvalue weighted by Crippen LogP contribution is 2.28. The van der Waals surface area contributed by atoms with Gasteiger partial charge in [0.15, 0.2) is 0 Å². The Hall–Kier alpha value is -2.50. The van der Waals surface area contributed by atoms with Crippen molar-refractivity contribution in [3.8, 4) is 6.07 Å². The van der Waals surface area contributed by atoms with E-state index in [0.717, 1.165) is 5.69 Å². The second-order valence-electron chi connectivity index (χ2n) is 7.44. The highest BCUT2D eigenvalue weighted by atomic mass is 35.5. The number of nitriles is 1. The van der Waals surface area contributed by atoms with Gasteiger partial charge in [-0.2, -0.15) is 5.26 Å². The summed E-state index contributed by atoms with van der Waals surface area (Å²) in [5.74, 6) is -1.35. The molecular weight excluding hydrogens is 417 g/mol. The molecule has 0 spiro atoms. The maximum atomic E-state index is 13.0. The van der Waals surface area contributed by atoms with E-state index in [1.54, 1.807) is 17.9 Å². The van der Waals surface area contributed by atoms with Gasteiger partial charge in [0.25, 0.3) is 5.91 Å². The number of carbonyl (C=O) groups is 3. The molecule has 2 unspecified atom stereocenters. The molecule has 2 aliphatic heterocycles. The average molecular weight is 438 g/mol. The van der Waals surface area contributed by atoms with Gasteiger partial charge in [0.05, 0.1) is 12.0 Å². The first-order chi connectivity index (χ1) is 13.7. The second kappa shape index (κ2) is 8.47. The zero-order chi connectivity index (χ0) is 21.2. The molecule has 2 aliphatic rings. The van der Waals surface area contributed by atoms with E-state index in [2.05, 4.69) is 15.5 Å². The van der Waals surface area contributed by atoms with Crippen LogP contribution in [0.2, 0.25) is 10.0 Å². The molecule has 0 aliphatic carbocycles. The third-order valence-electron chi connectivity index (χ3n) is 5.26. The summed E-state index contributed by atoms with van der Waals surface area (Å²) < 4.78 is 0. The molecule has 10 heteroatoms. The first kappa shape index (κ1) is 21.2. The number of nitrogens with one attached hydrogen (secondary N) is 2. The van der Waals surface area contributed by atoms with Gasteiger partial charge >= 0.3 is 6.03 Å². The Bertz CT molecular complexity index is 859. The van der Waals surface area contributed by atoms with Crippen LogP contribution >= 0.6 is 23.2 Å². The average Bonchev–Trinajstić information content (AvgIpc) is 2.91. The van der Waals surface area contributed by atoms with Gasteiger partial charge in [-0.1, -0.05) is 23.2 Å². The number of anilines is 1. The second-order valence-corrected chi connectivity index (χ2v) is 8.32. The molecule has 2 saturated heterocycles. The van der Waals surface area contributed by atoms with Crippen LogP contribution in [0.15, 0.2) is 18.2 Å². The Morgan fingerprint density at radius 3 is 2.34 bits per heavy atom. The van der Waals surface area contributed by atoms with Crippen molar-refractivity contribution in [3.05, 3.63) is 28.2 Å². The summed E-state index contributed by atoms with van der Waals surface area (Å²) in [5, 5.41) is 15.0. The zero-order valence-electron chi connectivity index (χ0n) is 15.9. The minimum absolute atomic E-state index is 0.0261. The Labute approximate surface area is 178 Å². The fourth-order valence-corrected chi connectivity index (χ4v) is 4.25. The molecule has 29 heavy (non-hydrogen) atoms. The number of benzene rings is 1. The molecule has 1 aromatic carbocycles. The third-order valence-corrected chi connectivity index (χ3v) is 5.70.